The summed E-state index contributed by atoms with van der Waals surface area (Å²) in [5.41, 5.74) is 1.16. The third-order valence-electron chi connectivity index (χ3n) is 5.09. The van der Waals surface area contributed by atoms with Crippen molar-refractivity contribution in [2.75, 3.05) is 13.2 Å². The van der Waals surface area contributed by atoms with Crippen molar-refractivity contribution in [1.82, 2.24) is 10.2 Å². The SMILES string of the molecule is Cc1ccc(OC[C@@H](C)NC(=O)CCN2C(=O)[C@H]3CC=CC[C@H]3C2=O)cc1. The van der Waals surface area contributed by atoms with Crippen LogP contribution in [0.5, 0.6) is 5.75 Å². The zero-order valence-electron chi connectivity index (χ0n) is 15.8. The van der Waals surface area contributed by atoms with Gasteiger partial charge in [0.1, 0.15) is 12.4 Å². The third kappa shape index (κ3) is 4.56. The molecule has 0 unspecified atom stereocenters. The molecule has 27 heavy (non-hydrogen) atoms. The van der Waals surface area contributed by atoms with Crippen LogP contribution in [0.25, 0.3) is 0 Å². The molecule has 3 rings (SSSR count). The van der Waals surface area contributed by atoms with Gasteiger partial charge in [-0.25, -0.2) is 0 Å². The van der Waals surface area contributed by atoms with Crippen LogP contribution in [0, 0.1) is 18.8 Å². The predicted molar refractivity (Wildman–Crippen MR) is 101 cm³/mol. The van der Waals surface area contributed by atoms with Crippen molar-refractivity contribution in [3.63, 3.8) is 0 Å². The Morgan fingerprint density at radius 1 is 1.15 bits per heavy atom. The van der Waals surface area contributed by atoms with E-state index >= 15 is 0 Å². The maximum atomic E-state index is 12.4. The first kappa shape index (κ1) is 19.1. The Kier molecular flexibility index (Phi) is 5.94. The number of benzene rings is 1. The largest absolute Gasteiger partial charge is 0.491 e. The highest BCUT2D eigenvalue weighted by Gasteiger charge is 2.46. The van der Waals surface area contributed by atoms with Crippen molar-refractivity contribution < 1.29 is 19.1 Å². The normalized spacial score (nSPS) is 22.5. The van der Waals surface area contributed by atoms with Crippen LogP contribution in [0.2, 0.25) is 0 Å². The fourth-order valence-electron chi connectivity index (χ4n) is 3.55. The van der Waals surface area contributed by atoms with Crippen LogP contribution in [0.1, 0.15) is 31.7 Å². The first-order valence-corrected chi connectivity index (χ1v) is 9.44. The summed E-state index contributed by atoms with van der Waals surface area (Å²) in [4.78, 5) is 38.2. The minimum absolute atomic E-state index is 0.110. The monoisotopic (exact) mass is 370 g/mol. The Balaban J connectivity index is 1.42. The number of carbonyl (C=O) groups excluding carboxylic acids is 3. The predicted octanol–water partition coefficient (Wildman–Crippen LogP) is 2.22. The Morgan fingerprint density at radius 3 is 2.33 bits per heavy atom. The van der Waals surface area contributed by atoms with E-state index in [1.165, 1.54) is 4.90 Å². The number of aryl methyl sites for hydroxylation is 1. The van der Waals surface area contributed by atoms with Gasteiger partial charge in [0.25, 0.3) is 0 Å². The molecule has 1 aliphatic carbocycles. The number of ether oxygens (including phenoxy) is 1. The van der Waals surface area contributed by atoms with Crippen molar-refractivity contribution in [3.8, 4) is 5.75 Å². The van der Waals surface area contributed by atoms with Gasteiger partial charge >= 0.3 is 0 Å². The molecule has 6 heteroatoms. The summed E-state index contributed by atoms with van der Waals surface area (Å²) < 4.78 is 5.66. The zero-order chi connectivity index (χ0) is 19.4. The zero-order valence-corrected chi connectivity index (χ0v) is 15.8. The lowest BCUT2D eigenvalue weighted by atomic mass is 9.85. The van der Waals surface area contributed by atoms with Gasteiger partial charge in [-0.2, -0.15) is 0 Å². The molecule has 6 nitrogen and oxygen atoms in total. The van der Waals surface area contributed by atoms with Crippen molar-refractivity contribution >= 4 is 17.7 Å². The van der Waals surface area contributed by atoms with Gasteiger partial charge in [-0.1, -0.05) is 29.8 Å². The number of allylic oxidation sites excluding steroid dienone is 2. The molecule has 1 fully saturated rings. The van der Waals surface area contributed by atoms with E-state index in [0.29, 0.717) is 19.4 Å². The van der Waals surface area contributed by atoms with Crippen LogP contribution in [0.3, 0.4) is 0 Å². The molecular weight excluding hydrogens is 344 g/mol. The number of rotatable bonds is 7. The summed E-state index contributed by atoms with van der Waals surface area (Å²) >= 11 is 0. The molecule has 1 aromatic carbocycles. The van der Waals surface area contributed by atoms with E-state index in [1.807, 2.05) is 50.3 Å². The van der Waals surface area contributed by atoms with Gasteiger partial charge in [0.15, 0.2) is 0 Å². The molecule has 3 amide bonds. The van der Waals surface area contributed by atoms with Crippen LogP contribution in [0.4, 0.5) is 0 Å². The number of nitrogens with zero attached hydrogens (tertiary/aromatic N) is 1. The highest BCUT2D eigenvalue weighted by Crippen LogP contribution is 2.34. The minimum Gasteiger partial charge on any atom is -0.491 e. The molecule has 0 saturated carbocycles. The first-order valence-electron chi connectivity index (χ1n) is 9.44. The summed E-state index contributed by atoms with van der Waals surface area (Å²) in [6.07, 6.45) is 5.26. The van der Waals surface area contributed by atoms with Crippen LogP contribution < -0.4 is 10.1 Å². The molecule has 1 heterocycles. The van der Waals surface area contributed by atoms with Gasteiger partial charge in [-0.05, 0) is 38.8 Å². The van der Waals surface area contributed by atoms with Crippen LogP contribution in [0.15, 0.2) is 36.4 Å². The Hall–Kier alpha value is -2.63. The summed E-state index contributed by atoms with van der Waals surface area (Å²) in [5, 5.41) is 2.85. The minimum atomic E-state index is -0.243. The van der Waals surface area contributed by atoms with Crippen molar-refractivity contribution in [3.05, 3.63) is 42.0 Å². The van der Waals surface area contributed by atoms with Crippen molar-refractivity contribution in [2.24, 2.45) is 11.8 Å². The van der Waals surface area contributed by atoms with E-state index in [1.54, 1.807) is 0 Å². The number of likely N-dealkylation sites (tertiary alicyclic amines) is 1. The Morgan fingerprint density at radius 2 is 1.74 bits per heavy atom. The molecule has 1 aliphatic heterocycles. The van der Waals surface area contributed by atoms with Gasteiger partial charge < -0.3 is 10.1 Å². The van der Waals surface area contributed by atoms with E-state index in [2.05, 4.69) is 5.32 Å². The lowest BCUT2D eigenvalue weighted by Gasteiger charge is -2.17. The molecule has 2 aliphatic rings. The second kappa shape index (κ2) is 8.37. The van der Waals surface area contributed by atoms with Gasteiger partial charge in [0.05, 0.1) is 17.9 Å². The third-order valence-corrected chi connectivity index (χ3v) is 5.09. The quantitative estimate of drug-likeness (QED) is 0.590. The number of nitrogens with one attached hydrogen (secondary N) is 1. The lowest BCUT2D eigenvalue weighted by molar-refractivity contribution is -0.140. The molecule has 3 atom stereocenters. The second-order valence-corrected chi connectivity index (χ2v) is 7.33. The smallest absolute Gasteiger partial charge is 0.233 e. The van der Waals surface area contributed by atoms with Crippen LogP contribution >= 0.6 is 0 Å². The van der Waals surface area contributed by atoms with Gasteiger partial charge in [0.2, 0.25) is 17.7 Å². The fourth-order valence-corrected chi connectivity index (χ4v) is 3.55. The Labute approximate surface area is 159 Å². The fraction of sp³-hybridized carbons (Fsp3) is 0.476. The molecule has 144 valence electrons. The molecule has 1 aromatic rings. The second-order valence-electron chi connectivity index (χ2n) is 7.33. The summed E-state index contributed by atoms with van der Waals surface area (Å²) in [6, 6.07) is 7.55. The molecule has 0 aromatic heterocycles. The van der Waals surface area contributed by atoms with E-state index in [0.717, 1.165) is 11.3 Å². The molecule has 0 bridgehead atoms. The number of fused-ring (bicyclic) bond motifs is 1. The summed E-state index contributed by atoms with van der Waals surface area (Å²) in [7, 11) is 0. The summed E-state index contributed by atoms with van der Waals surface area (Å²) in [6.45, 7) is 4.36. The topological polar surface area (TPSA) is 75.7 Å². The lowest BCUT2D eigenvalue weighted by Crippen LogP contribution is -2.40. The van der Waals surface area contributed by atoms with Crippen LogP contribution in [-0.4, -0.2) is 41.8 Å². The molecule has 1 N–H and O–H groups in total. The average Bonchev–Trinajstić information content (AvgIpc) is 2.90. The van der Waals surface area contributed by atoms with Gasteiger partial charge in [-0.3, -0.25) is 19.3 Å². The van der Waals surface area contributed by atoms with Gasteiger partial charge in [0, 0.05) is 13.0 Å². The molecular formula is C21H26N2O4. The van der Waals surface area contributed by atoms with Crippen molar-refractivity contribution in [2.45, 2.75) is 39.2 Å². The first-order chi connectivity index (χ1) is 13.0. The maximum absolute atomic E-state index is 12.4. The van der Waals surface area contributed by atoms with E-state index < -0.39 is 0 Å². The molecule has 0 radical (unpaired) electrons. The Bertz CT molecular complexity index is 715. The standard InChI is InChI=1S/C21H26N2O4/c1-14-7-9-16(10-8-14)27-13-15(2)22-19(24)11-12-23-20(25)17-5-3-4-6-18(17)21(23)26/h3-4,7-10,15,17-18H,5-6,11-13H2,1-2H3,(H,22,24)/t15-,17-,18+/m1/s1. The van der Waals surface area contributed by atoms with Crippen LogP contribution in [-0.2, 0) is 14.4 Å². The number of imide groups is 1. The van der Waals surface area contributed by atoms with E-state index in [4.69, 9.17) is 4.74 Å². The van der Waals surface area contributed by atoms with Gasteiger partial charge in [-0.15, -0.1) is 0 Å². The summed E-state index contributed by atoms with van der Waals surface area (Å²) in [5.74, 6) is -0.203. The maximum Gasteiger partial charge on any atom is 0.233 e. The van der Waals surface area contributed by atoms with E-state index in [-0.39, 0.29) is 48.6 Å². The molecule has 1 saturated heterocycles. The highest BCUT2D eigenvalue weighted by atomic mass is 16.5. The average molecular weight is 370 g/mol. The number of hydrogen-bond donors (Lipinski definition) is 1. The number of carbonyl (C=O) groups is 3. The van der Waals surface area contributed by atoms with E-state index in [9.17, 15) is 14.4 Å². The number of hydrogen-bond acceptors (Lipinski definition) is 4. The molecule has 0 spiro atoms. The number of amides is 3. The van der Waals surface area contributed by atoms with Crippen molar-refractivity contribution in [1.29, 1.82) is 0 Å². The highest BCUT2D eigenvalue weighted by molar-refractivity contribution is 6.05.